The third-order valence-electron chi connectivity index (χ3n) is 4.62. The van der Waals surface area contributed by atoms with Gasteiger partial charge in [0.25, 0.3) is 5.91 Å². The number of aromatic nitrogens is 2. The summed E-state index contributed by atoms with van der Waals surface area (Å²) in [5.74, 6) is 0.0138. The van der Waals surface area contributed by atoms with E-state index in [1.165, 1.54) is 6.07 Å². The summed E-state index contributed by atoms with van der Waals surface area (Å²) >= 11 is 3.44. The molecule has 1 amide bonds. The van der Waals surface area contributed by atoms with Crippen LogP contribution in [0.3, 0.4) is 0 Å². The SMILES string of the molecule is CC(C)c1[nH]nc(C(=O)N2CCN(c3cccc(C(F)(F)F)c3)CC2)c1Br. The van der Waals surface area contributed by atoms with Crippen LogP contribution < -0.4 is 4.90 Å². The highest BCUT2D eigenvalue weighted by Crippen LogP contribution is 2.32. The molecule has 3 rings (SSSR count). The number of H-pyrrole nitrogens is 1. The highest BCUT2D eigenvalue weighted by molar-refractivity contribution is 9.10. The molecule has 9 heteroatoms. The quantitative estimate of drug-likeness (QED) is 0.768. The summed E-state index contributed by atoms with van der Waals surface area (Å²) in [5, 5.41) is 7.01. The first-order chi connectivity index (χ1) is 12.7. The zero-order chi connectivity index (χ0) is 19.8. The standard InChI is InChI=1S/C18H20BrF3N4O/c1-11(2)15-14(19)16(24-23-15)17(27)26-8-6-25(7-9-26)13-5-3-4-12(10-13)18(20,21)22/h3-5,10-11H,6-9H2,1-2H3,(H,23,24). The first-order valence-corrected chi connectivity index (χ1v) is 9.43. The molecule has 0 bridgehead atoms. The van der Waals surface area contributed by atoms with Crippen LogP contribution in [-0.4, -0.2) is 47.2 Å². The van der Waals surface area contributed by atoms with Crippen LogP contribution in [-0.2, 0) is 6.18 Å². The molecule has 1 saturated heterocycles. The van der Waals surface area contributed by atoms with Gasteiger partial charge < -0.3 is 9.80 Å². The number of aromatic amines is 1. The van der Waals surface area contributed by atoms with Gasteiger partial charge in [-0.15, -0.1) is 0 Å². The van der Waals surface area contributed by atoms with Crippen molar-refractivity contribution in [2.75, 3.05) is 31.1 Å². The van der Waals surface area contributed by atoms with E-state index >= 15 is 0 Å². The van der Waals surface area contributed by atoms with E-state index in [0.717, 1.165) is 17.8 Å². The predicted octanol–water partition coefficient (Wildman–Crippen LogP) is 4.28. The Morgan fingerprint density at radius 3 is 2.44 bits per heavy atom. The van der Waals surface area contributed by atoms with Gasteiger partial charge in [0, 0.05) is 31.9 Å². The number of piperazine rings is 1. The highest BCUT2D eigenvalue weighted by atomic mass is 79.9. The summed E-state index contributed by atoms with van der Waals surface area (Å²) < 4.78 is 39.4. The Kier molecular flexibility index (Phi) is 5.50. The largest absolute Gasteiger partial charge is 0.416 e. The second-order valence-electron chi connectivity index (χ2n) is 6.78. The van der Waals surface area contributed by atoms with E-state index < -0.39 is 11.7 Å². The van der Waals surface area contributed by atoms with E-state index in [1.54, 1.807) is 11.0 Å². The van der Waals surface area contributed by atoms with Crippen LogP contribution in [0.5, 0.6) is 0 Å². The van der Waals surface area contributed by atoms with Crippen LogP contribution in [0.15, 0.2) is 28.7 Å². The normalized spacial score (nSPS) is 15.5. The van der Waals surface area contributed by atoms with Crippen LogP contribution in [0.4, 0.5) is 18.9 Å². The number of nitrogens with zero attached hydrogens (tertiary/aromatic N) is 3. The van der Waals surface area contributed by atoms with Crippen molar-refractivity contribution in [3.05, 3.63) is 45.7 Å². The van der Waals surface area contributed by atoms with Crippen LogP contribution in [0, 0.1) is 0 Å². The number of rotatable bonds is 3. The summed E-state index contributed by atoms with van der Waals surface area (Å²) in [6.45, 7) is 5.77. The number of amides is 1. The fourth-order valence-electron chi connectivity index (χ4n) is 3.06. The molecule has 1 N–H and O–H groups in total. The molecule has 0 atom stereocenters. The van der Waals surface area contributed by atoms with Crippen molar-refractivity contribution in [2.45, 2.75) is 25.9 Å². The second-order valence-corrected chi connectivity index (χ2v) is 7.57. The smallest absolute Gasteiger partial charge is 0.368 e. The Morgan fingerprint density at radius 2 is 1.89 bits per heavy atom. The average molecular weight is 445 g/mol. The van der Waals surface area contributed by atoms with Crippen molar-refractivity contribution in [2.24, 2.45) is 0 Å². The molecule has 1 aromatic carbocycles. The molecule has 0 unspecified atom stereocenters. The van der Waals surface area contributed by atoms with Gasteiger partial charge in [-0.05, 0) is 40.0 Å². The molecule has 2 aromatic rings. The molecule has 2 heterocycles. The fourth-order valence-corrected chi connectivity index (χ4v) is 3.87. The molecule has 1 aliphatic heterocycles. The number of nitrogens with one attached hydrogen (secondary N) is 1. The van der Waals surface area contributed by atoms with E-state index in [9.17, 15) is 18.0 Å². The maximum Gasteiger partial charge on any atom is 0.416 e. The van der Waals surface area contributed by atoms with Crippen LogP contribution in [0.1, 0.15) is 41.5 Å². The van der Waals surface area contributed by atoms with Crippen molar-refractivity contribution >= 4 is 27.5 Å². The van der Waals surface area contributed by atoms with Gasteiger partial charge in [-0.3, -0.25) is 9.89 Å². The molecule has 1 fully saturated rings. The van der Waals surface area contributed by atoms with Crippen LogP contribution in [0.2, 0.25) is 0 Å². The lowest BCUT2D eigenvalue weighted by molar-refractivity contribution is -0.137. The Bertz CT molecular complexity index is 826. The minimum absolute atomic E-state index is 0.186. The Hall–Kier alpha value is -2.03. The zero-order valence-corrected chi connectivity index (χ0v) is 16.6. The summed E-state index contributed by atoms with van der Waals surface area (Å²) in [5.41, 5.74) is 1.05. The van der Waals surface area contributed by atoms with Gasteiger partial charge in [0.2, 0.25) is 0 Å². The number of hydrogen-bond acceptors (Lipinski definition) is 3. The van der Waals surface area contributed by atoms with Gasteiger partial charge >= 0.3 is 6.18 Å². The van der Waals surface area contributed by atoms with Crippen LogP contribution in [0.25, 0.3) is 0 Å². The molecule has 0 radical (unpaired) electrons. The van der Waals surface area contributed by atoms with E-state index in [4.69, 9.17) is 0 Å². The van der Waals surface area contributed by atoms with Crippen molar-refractivity contribution in [3.63, 3.8) is 0 Å². The topological polar surface area (TPSA) is 52.2 Å². The van der Waals surface area contributed by atoms with E-state index in [2.05, 4.69) is 26.1 Å². The van der Waals surface area contributed by atoms with Gasteiger partial charge in [-0.2, -0.15) is 18.3 Å². The molecule has 1 aliphatic rings. The number of halogens is 4. The van der Waals surface area contributed by atoms with Gasteiger partial charge in [0.1, 0.15) is 0 Å². The Morgan fingerprint density at radius 1 is 1.22 bits per heavy atom. The number of carbonyl (C=O) groups is 1. The number of alkyl halides is 3. The van der Waals surface area contributed by atoms with Crippen molar-refractivity contribution in [1.29, 1.82) is 0 Å². The molecule has 1 aromatic heterocycles. The maximum atomic E-state index is 12.9. The maximum absolute atomic E-state index is 12.9. The van der Waals surface area contributed by atoms with Crippen molar-refractivity contribution in [1.82, 2.24) is 15.1 Å². The molecule has 5 nitrogen and oxygen atoms in total. The first-order valence-electron chi connectivity index (χ1n) is 8.63. The van der Waals surface area contributed by atoms with Gasteiger partial charge in [0.15, 0.2) is 5.69 Å². The summed E-state index contributed by atoms with van der Waals surface area (Å²) in [6.07, 6.45) is -4.37. The molecule has 27 heavy (non-hydrogen) atoms. The van der Waals surface area contributed by atoms with E-state index in [-0.39, 0.29) is 11.8 Å². The van der Waals surface area contributed by atoms with Gasteiger partial charge in [0.05, 0.1) is 15.7 Å². The molecule has 0 saturated carbocycles. The zero-order valence-electron chi connectivity index (χ0n) is 15.0. The number of anilines is 1. The molecule has 146 valence electrons. The average Bonchev–Trinajstić information content (AvgIpc) is 3.02. The first kappa shape index (κ1) is 19.7. The Labute approximate surface area is 163 Å². The molecular weight excluding hydrogens is 425 g/mol. The monoisotopic (exact) mass is 444 g/mol. The van der Waals surface area contributed by atoms with Crippen molar-refractivity contribution < 1.29 is 18.0 Å². The molecule has 0 spiro atoms. The minimum Gasteiger partial charge on any atom is -0.368 e. The van der Waals surface area contributed by atoms with Gasteiger partial charge in [-0.1, -0.05) is 19.9 Å². The lowest BCUT2D eigenvalue weighted by atomic mass is 10.1. The van der Waals surface area contributed by atoms with Crippen molar-refractivity contribution in [3.8, 4) is 0 Å². The minimum atomic E-state index is -4.37. The fraction of sp³-hybridized carbons (Fsp3) is 0.444. The third kappa shape index (κ3) is 4.12. The molecule has 0 aliphatic carbocycles. The number of carbonyl (C=O) groups excluding carboxylic acids is 1. The predicted molar refractivity (Wildman–Crippen MR) is 99.9 cm³/mol. The lowest BCUT2D eigenvalue weighted by Crippen LogP contribution is -2.49. The summed E-state index contributed by atoms with van der Waals surface area (Å²) in [6, 6.07) is 5.28. The van der Waals surface area contributed by atoms with E-state index in [1.807, 2.05) is 18.7 Å². The van der Waals surface area contributed by atoms with Crippen LogP contribution >= 0.6 is 15.9 Å². The highest BCUT2D eigenvalue weighted by Gasteiger charge is 2.32. The summed E-state index contributed by atoms with van der Waals surface area (Å²) in [4.78, 5) is 16.3. The number of benzene rings is 1. The third-order valence-corrected chi connectivity index (χ3v) is 5.42. The molecular formula is C18H20BrF3N4O. The number of hydrogen-bond donors (Lipinski definition) is 1. The second kappa shape index (κ2) is 7.53. The van der Waals surface area contributed by atoms with Gasteiger partial charge in [-0.25, -0.2) is 0 Å². The Balaban J connectivity index is 1.68. The lowest BCUT2D eigenvalue weighted by Gasteiger charge is -2.36. The summed E-state index contributed by atoms with van der Waals surface area (Å²) in [7, 11) is 0. The van der Waals surface area contributed by atoms with E-state index in [0.29, 0.717) is 42.0 Å².